The van der Waals surface area contributed by atoms with E-state index in [-0.39, 0.29) is 0 Å². The number of anilines is 2. The quantitative estimate of drug-likeness (QED) is 0.188. The van der Waals surface area contributed by atoms with Gasteiger partial charge in [-0.1, -0.05) is 121 Å². The van der Waals surface area contributed by atoms with Crippen molar-refractivity contribution in [3.8, 4) is 11.4 Å². The van der Waals surface area contributed by atoms with Crippen molar-refractivity contribution in [3.63, 3.8) is 0 Å². The zero-order valence-corrected chi connectivity index (χ0v) is 27.7. The molecule has 0 saturated carbocycles. The average Bonchev–Trinajstić information content (AvgIpc) is 3.70. The van der Waals surface area contributed by atoms with Crippen LogP contribution >= 0.6 is 0 Å². The number of para-hydroxylation sites is 3. The molecule has 0 aliphatic carbocycles. The van der Waals surface area contributed by atoms with E-state index in [1.165, 1.54) is 75.9 Å². The standard InChI is InChI=1S/C48H31N3/c1-2-12-33(13-3-1)50-45-20-10-8-18-40(45)42-25-22-31(28-47(42)50)49-32-23-26-43-41-19-9-11-21-46(41)51(48(43)29-32)34-24-27-39-37-16-5-4-14-35(37)36-15-6-7-17-38(36)44(39)30-34/h1-30,49H. The Labute approximate surface area is 294 Å². The Morgan fingerprint density at radius 3 is 1.20 bits per heavy atom. The first-order valence-corrected chi connectivity index (χ1v) is 17.5. The molecular weight excluding hydrogens is 619 g/mol. The van der Waals surface area contributed by atoms with E-state index in [0.717, 1.165) is 22.7 Å². The lowest BCUT2D eigenvalue weighted by molar-refractivity contribution is 1.18. The van der Waals surface area contributed by atoms with Crippen molar-refractivity contribution < 1.29 is 0 Å². The first kappa shape index (κ1) is 28.0. The summed E-state index contributed by atoms with van der Waals surface area (Å²) in [4.78, 5) is 0. The Morgan fingerprint density at radius 2 is 0.647 bits per heavy atom. The minimum atomic E-state index is 1.05. The molecule has 0 aliphatic rings. The van der Waals surface area contributed by atoms with Crippen LogP contribution in [-0.4, -0.2) is 9.13 Å². The Morgan fingerprint density at radius 1 is 0.255 bits per heavy atom. The second-order valence-electron chi connectivity index (χ2n) is 13.5. The van der Waals surface area contributed by atoms with Crippen LogP contribution in [0.2, 0.25) is 0 Å². The highest BCUT2D eigenvalue weighted by atomic mass is 15.0. The van der Waals surface area contributed by atoms with Crippen LogP contribution < -0.4 is 5.32 Å². The Bertz CT molecular complexity index is 3130. The molecule has 0 aliphatic heterocycles. The van der Waals surface area contributed by atoms with Crippen LogP contribution in [0.4, 0.5) is 11.4 Å². The molecule has 3 heteroatoms. The fraction of sp³-hybridized carbons (Fsp3) is 0. The third kappa shape index (κ3) is 4.19. The maximum absolute atomic E-state index is 3.78. The molecule has 1 N–H and O–H groups in total. The second-order valence-corrected chi connectivity index (χ2v) is 13.5. The van der Waals surface area contributed by atoms with Gasteiger partial charge in [-0.2, -0.15) is 0 Å². The molecule has 11 rings (SSSR count). The summed E-state index contributed by atoms with van der Waals surface area (Å²) < 4.78 is 4.79. The molecule has 11 aromatic rings. The molecule has 3 nitrogen and oxygen atoms in total. The van der Waals surface area contributed by atoms with Gasteiger partial charge in [0.15, 0.2) is 0 Å². The fourth-order valence-corrected chi connectivity index (χ4v) is 8.43. The van der Waals surface area contributed by atoms with Gasteiger partial charge in [-0.3, -0.25) is 0 Å². The minimum Gasteiger partial charge on any atom is -0.355 e. The predicted molar refractivity (Wildman–Crippen MR) is 217 cm³/mol. The summed E-state index contributed by atoms with van der Waals surface area (Å²) >= 11 is 0. The van der Waals surface area contributed by atoms with Crippen LogP contribution in [0.5, 0.6) is 0 Å². The Kier molecular flexibility index (Phi) is 5.96. The zero-order valence-electron chi connectivity index (χ0n) is 27.7. The van der Waals surface area contributed by atoms with Gasteiger partial charge in [0.25, 0.3) is 0 Å². The lowest BCUT2D eigenvalue weighted by Crippen LogP contribution is -1.96. The molecule has 0 bridgehead atoms. The van der Waals surface area contributed by atoms with Crippen LogP contribution in [0.1, 0.15) is 0 Å². The summed E-state index contributed by atoms with van der Waals surface area (Å²) in [6.07, 6.45) is 0. The van der Waals surface area contributed by atoms with Crippen molar-refractivity contribution in [2.75, 3.05) is 5.32 Å². The van der Waals surface area contributed by atoms with Gasteiger partial charge in [-0.15, -0.1) is 0 Å². The molecule has 0 saturated heterocycles. The van der Waals surface area contributed by atoms with Gasteiger partial charge in [0.1, 0.15) is 0 Å². The van der Waals surface area contributed by atoms with E-state index in [1.807, 2.05) is 0 Å². The topological polar surface area (TPSA) is 21.9 Å². The van der Waals surface area contributed by atoms with E-state index in [0.29, 0.717) is 0 Å². The van der Waals surface area contributed by atoms with Crippen LogP contribution in [0.25, 0.3) is 87.3 Å². The van der Waals surface area contributed by atoms with Gasteiger partial charge in [-0.25, -0.2) is 0 Å². The molecular formula is C48H31N3. The molecule has 51 heavy (non-hydrogen) atoms. The molecule has 9 aromatic carbocycles. The summed E-state index contributed by atoms with van der Waals surface area (Å²) in [6.45, 7) is 0. The van der Waals surface area contributed by atoms with E-state index in [9.17, 15) is 0 Å². The summed E-state index contributed by atoms with van der Waals surface area (Å²) in [5.74, 6) is 0. The van der Waals surface area contributed by atoms with Crippen LogP contribution in [-0.2, 0) is 0 Å². The number of hydrogen-bond acceptors (Lipinski definition) is 1. The summed E-state index contributed by atoms with van der Waals surface area (Å²) in [5, 5.41) is 16.5. The number of nitrogens with zero attached hydrogens (tertiary/aromatic N) is 2. The first-order valence-electron chi connectivity index (χ1n) is 17.5. The van der Waals surface area contributed by atoms with E-state index in [2.05, 4.69) is 196 Å². The van der Waals surface area contributed by atoms with Crippen molar-refractivity contribution in [3.05, 3.63) is 182 Å². The van der Waals surface area contributed by atoms with Crippen LogP contribution in [0.3, 0.4) is 0 Å². The average molecular weight is 650 g/mol. The van der Waals surface area contributed by atoms with Gasteiger partial charge < -0.3 is 14.5 Å². The monoisotopic (exact) mass is 649 g/mol. The van der Waals surface area contributed by atoms with Gasteiger partial charge in [-0.05, 0) is 93.0 Å². The highest BCUT2D eigenvalue weighted by Crippen LogP contribution is 2.40. The van der Waals surface area contributed by atoms with Crippen molar-refractivity contribution in [1.82, 2.24) is 9.13 Å². The number of fused-ring (bicyclic) bond motifs is 12. The largest absolute Gasteiger partial charge is 0.355 e. The third-order valence-corrected chi connectivity index (χ3v) is 10.6. The molecule has 238 valence electrons. The SMILES string of the molecule is c1ccc(-n2c3ccccc3c3ccc(Nc4ccc5c6ccccc6n(-c6ccc7c8ccccc8c8ccccc8c7c6)c5c4)cc32)cc1. The number of hydrogen-bond donors (Lipinski definition) is 1. The number of rotatable bonds is 4. The summed E-state index contributed by atoms with van der Waals surface area (Å²) in [6, 6.07) is 66.1. The zero-order chi connectivity index (χ0) is 33.5. The lowest BCUT2D eigenvalue weighted by atomic mass is 9.94. The highest BCUT2D eigenvalue weighted by Gasteiger charge is 2.16. The number of nitrogens with one attached hydrogen (secondary N) is 1. The molecule has 0 atom stereocenters. The lowest BCUT2D eigenvalue weighted by Gasteiger charge is -2.14. The van der Waals surface area contributed by atoms with Crippen molar-refractivity contribution in [1.29, 1.82) is 0 Å². The Hall–Kier alpha value is -6.84. The van der Waals surface area contributed by atoms with E-state index in [1.54, 1.807) is 0 Å². The second kappa shape index (κ2) is 10.8. The van der Waals surface area contributed by atoms with Crippen molar-refractivity contribution in [2.45, 2.75) is 0 Å². The Balaban J connectivity index is 1.09. The minimum absolute atomic E-state index is 1.05. The molecule has 2 aromatic heterocycles. The van der Waals surface area contributed by atoms with Crippen LogP contribution in [0, 0.1) is 0 Å². The molecule has 0 unspecified atom stereocenters. The number of benzene rings is 9. The first-order chi connectivity index (χ1) is 25.3. The third-order valence-electron chi connectivity index (χ3n) is 10.6. The summed E-state index contributed by atoms with van der Waals surface area (Å²) in [5.41, 5.74) is 9.16. The fourth-order valence-electron chi connectivity index (χ4n) is 8.43. The van der Waals surface area contributed by atoms with Gasteiger partial charge in [0.2, 0.25) is 0 Å². The number of aromatic nitrogens is 2. The van der Waals surface area contributed by atoms with Crippen molar-refractivity contribution in [2.24, 2.45) is 0 Å². The molecule has 0 radical (unpaired) electrons. The normalized spacial score (nSPS) is 11.9. The van der Waals surface area contributed by atoms with Gasteiger partial charge in [0, 0.05) is 44.3 Å². The van der Waals surface area contributed by atoms with Gasteiger partial charge in [0.05, 0.1) is 22.1 Å². The van der Waals surface area contributed by atoms with E-state index in [4.69, 9.17) is 0 Å². The maximum Gasteiger partial charge on any atom is 0.0561 e. The van der Waals surface area contributed by atoms with Gasteiger partial charge >= 0.3 is 0 Å². The predicted octanol–water partition coefficient (Wildman–Crippen LogP) is 13.1. The van der Waals surface area contributed by atoms with Crippen LogP contribution in [0.15, 0.2) is 182 Å². The van der Waals surface area contributed by atoms with E-state index < -0.39 is 0 Å². The maximum atomic E-state index is 3.78. The summed E-state index contributed by atoms with van der Waals surface area (Å²) in [7, 11) is 0. The molecule has 0 fully saturated rings. The highest BCUT2D eigenvalue weighted by molar-refractivity contribution is 6.25. The van der Waals surface area contributed by atoms with E-state index >= 15 is 0 Å². The smallest absolute Gasteiger partial charge is 0.0561 e. The molecule has 0 amide bonds. The molecule has 2 heterocycles. The molecule has 0 spiro atoms. The van der Waals surface area contributed by atoms with Crippen molar-refractivity contribution >= 4 is 87.3 Å².